The summed E-state index contributed by atoms with van der Waals surface area (Å²) in [6, 6.07) is 5.99. The number of hydrogen-bond donors (Lipinski definition) is 3. The number of benzene rings is 1. The fourth-order valence-electron chi connectivity index (χ4n) is 4.31. The van der Waals surface area contributed by atoms with Gasteiger partial charge in [0.1, 0.15) is 18.5 Å². The van der Waals surface area contributed by atoms with E-state index in [1.54, 1.807) is 11.3 Å². The lowest BCUT2D eigenvalue weighted by molar-refractivity contribution is -0.127. The maximum Gasteiger partial charge on any atom is 0.268 e. The molecule has 0 aliphatic rings. The van der Waals surface area contributed by atoms with E-state index < -0.39 is 18.1 Å². The number of rotatable bonds is 14. The highest BCUT2D eigenvalue weighted by molar-refractivity contribution is 7.15. The summed E-state index contributed by atoms with van der Waals surface area (Å²) in [6.45, 7) is 15.6. The van der Waals surface area contributed by atoms with Crippen LogP contribution in [0, 0.1) is 19.8 Å². The second-order valence-electron chi connectivity index (χ2n) is 10.1. The minimum absolute atomic E-state index is 0.0728. The smallest absolute Gasteiger partial charge is 0.268 e. The number of primary amides is 1. The molecule has 3 rings (SSSR count). The van der Waals surface area contributed by atoms with Crippen LogP contribution in [-0.2, 0) is 17.8 Å². The number of amides is 1. The third-order valence-electron chi connectivity index (χ3n) is 6.33. The van der Waals surface area contributed by atoms with Gasteiger partial charge in [-0.3, -0.25) is 9.69 Å². The van der Waals surface area contributed by atoms with Gasteiger partial charge in [0, 0.05) is 30.0 Å². The van der Waals surface area contributed by atoms with Crippen LogP contribution >= 0.6 is 11.3 Å². The molecule has 9 nitrogen and oxygen atoms in total. The molecule has 0 bridgehead atoms. The van der Waals surface area contributed by atoms with E-state index in [1.807, 2.05) is 26.0 Å². The second kappa shape index (κ2) is 13.3. The lowest BCUT2D eigenvalue weighted by Gasteiger charge is -2.22. The van der Waals surface area contributed by atoms with Crippen molar-refractivity contribution in [1.82, 2.24) is 15.0 Å². The van der Waals surface area contributed by atoms with Gasteiger partial charge in [-0.1, -0.05) is 32.9 Å². The Hall–Kier alpha value is -2.79. The van der Waals surface area contributed by atoms with E-state index in [-0.39, 0.29) is 13.0 Å². The number of carbonyl (C=O) groups excluding carboxylic acids is 1. The van der Waals surface area contributed by atoms with E-state index in [4.69, 9.17) is 15.0 Å². The molecule has 2 atom stereocenters. The number of carbonyl (C=O) groups is 1. The monoisotopic (exact) mass is 544 g/mol. The van der Waals surface area contributed by atoms with Gasteiger partial charge in [-0.25, -0.2) is 0 Å². The molecule has 0 saturated carbocycles. The molecular weight excluding hydrogens is 504 g/mol. The SMILES string of the molecule is CCc1cc(-c2noc(-c3cc(C)c(CN(CC)CC(C)C)s3)n2)cc(C)c1OC[C@@H](O)CC(O)C(N)=O. The largest absolute Gasteiger partial charge is 0.490 e. The van der Waals surface area contributed by atoms with Gasteiger partial charge in [-0.05, 0) is 67.6 Å². The van der Waals surface area contributed by atoms with E-state index >= 15 is 0 Å². The van der Waals surface area contributed by atoms with Crippen LogP contribution in [0.5, 0.6) is 5.75 Å². The highest BCUT2D eigenvalue weighted by Crippen LogP contribution is 2.34. The molecule has 0 aliphatic carbocycles. The van der Waals surface area contributed by atoms with Crippen molar-refractivity contribution < 1.29 is 24.3 Å². The first-order valence-corrected chi connectivity index (χ1v) is 13.9. The Morgan fingerprint density at radius 2 is 1.92 bits per heavy atom. The van der Waals surface area contributed by atoms with Crippen LogP contribution < -0.4 is 10.5 Å². The lowest BCUT2D eigenvalue weighted by atomic mass is 10.0. The summed E-state index contributed by atoms with van der Waals surface area (Å²) in [6.07, 6.45) is -1.94. The predicted molar refractivity (Wildman–Crippen MR) is 149 cm³/mol. The fourth-order valence-corrected chi connectivity index (χ4v) is 5.45. The summed E-state index contributed by atoms with van der Waals surface area (Å²) in [5, 5.41) is 23.9. The Kier molecular flexibility index (Phi) is 10.4. The number of nitrogens with two attached hydrogens (primary N) is 1. The molecule has 38 heavy (non-hydrogen) atoms. The number of aromatic nitrogens is 2. The van der Waals surface area contributed by atoms with E-state index in [0.29, 0.717) is 29.8 Å². The molecule has 10 heteroatoms. The maximum atomic E-state index is 11.0. The van der Waals surface area contributed by atoms with Crippen LogP contribution in [0.15, 0.2) is 22.7 Å². The number of nitrogens with zero attached hydrogens (tertiary/aromatic N) is 3. The average Bonchev–Trinajstić information content (AvgIpc) is 3.49. The summed E-state index contributed by atoms with van der Waals surface area (Å²) >= 11 is 1.69. The summed E-state index contributed by atoms with van der Waals surface area (Å²) in [5.74, 6) is 1.38. The van der Waals surface area contributed by atoms with Crippen molar-refractivity contribution in [2.24, 2.45) is 11.7 Å². The molecule has 208 valence electrons. The molecule has 2 aromatic heterocycles. The number of aryl methyl sites for hydroxylation is 3. The molecule has 4 N–H and O–H groups in total. The van der Waals surface area contributed by atoms with Crippen molar-refractivity contribution in [3.05, 3.63) is 39.8 Å². The normalized spacial score (nSPS) is 13.3. The van der Waals surface area contributed by atoms with E-state index in [1.165, 1.54) is 10.4 Å². The first-order valence-electron chi connectivity index (χ1n) is 13.1. The summed E-state index contributed by atoms with van der Waals surface area (Å²) in [5.41, 5.74) is 8.88. The van der Waals surface area contributed by atoms with Crippen molar-refractivity contribution in [3.63, 3.8) is 0 Å². The van der Waals surface area contributed by atoms with E-state index in [2.05, 4.69) is 48.8 Å². The molecular formula is C28H40N4O5S. The zero-order chi connectivity index (χ0) is 28.0. The third-order valence-corrected chi connectivity index (χ3v) is 7.54. The summed E-state index contributed by atoms with van der Waals surface area (Å²) in [7, 11) is 0. The Labute approximate surface area is 228 Å². The first-order chi connectivity index (χ1) is 18.0. The van der Waals surface area contributed by atoms with E-state index in [9.17, 15) is 15.0 Å². The van der Waals surface area contributed by atoms with Crippen LogP contribution in [0.25, 0.3) is 22.2 Å². The van der Waals surface area contributed by atoms with Gasteiger partial charge in [-0.15, -0.1) is 11.3 Å². The van der Waals surface area contributed by atoms with Gasteiger partial charge in [0.2, 0.25) is 11.7 Å². The van der Waals surface area contributed by atoms with Gasteiger partial charge in [0.25, 0.3) is 5.89 Å². The fraction of sp³-hybridized carbons (Fsp3) is 0.536. The molecule has 0 saturated heterocycles. The Balaban J connectivity index is 1.76. The standard InChI is InChI=1S/C28H40N4O5S/c1-7-19-11-20(9-18(6)25(19)36-15-21(33)12-22(34)26(29)35)27-30-28(37-31-27)23-10-17(5)24(38-23)14-32(8-2)13-16(3)4/h9-11,16,21-22,33-34H,7-8,12-15H2,1-6H3,(H2,29,35)/t21-,22?/m0/s1. The molecule has 1 amide bonds. The van der Waals surface area contributed by atoms with Crippen molar-refractivity contribution in [1.29, 1.82) is 0 Å². The van der Waals surface area contributed by atoms with Gasteiger partial charge < -0.3 is 25.2 Å². The van der Waals surface area contributed by atoms with Crippen LogP contribution in [0.2, 0.25) is 0 Å². The Bertz CT molecular complexity index is 1220. The molecule has 0 aliphatic heterocycles. The minimum atomic E-state index is -1.41. The van der Waals surface area contributed by atoms with Crippen molar-refractivity contribution in [2.45, 2.75) is 73.1 Å². The number of hydrogen-bond acceptors (Lipinski definition) is 9. The Morgan fingerprint density at radius 3 is 2.55 bits per heavy atom. The zero-order valence-corrected chi connectivity index (χ0v) is 24.0. The summed E-state index contributed by atoms with van der Waals surface area (Å²) < 4.78 is 11.5. The molecule has 2 heterocycles. The highest BCUT2D eigenvalue weighted by atomic mass is 32.1. The third kappa shape index (κ3) is 7.63. The van der Waals surface area contributed by atoms with Gasteiger partial charge in [-0.2, -0.15) is 4.98 Å². The first kappa shape index (κ1) is 29.8. The predicted octanol–water partition coefficient (Wildman–Crippen LogP) is 4.10. The van der Waals surface area contributed by atoms with Crippen molar-refractivity contribution >= 4 is 17.2 Å². The molecule has 3 aromatic rings. The molecule has 0 spiro atoms. The van der Waals surface area contributed by atoms with Crippen LogP contribution in [0.3, 0.4) is 0 Å². The number of aliphatic hydroxyl groups excluding tert-OH is 2. The minimum Gasteiger partial charge on any atom is -0.490 e. The van der Waals surface area contributed by atoms with E-state index in [0.717, 1.165) is 41.2 Å². The van der Waals surface area contributed by atoms with Crippen LogP contribution in [0.4, 0.5) is 0 Å². The average molecular weight is 545 g/mol. The summed E-state index contributed by atoms with van der Waals surface area (Å²) in [4.78, 5) is 20.4. The number of aliphatic hydroxyl groups is 2. The second-order valence-corrected chi connectivity index (χ2v) is 11.3. The highest BCUT2D eigenvalue weighted by Gasteiger charge is 2.20. The Morgan fingerprint density at radius 1 is 1.18 bits per heavy atom. The van der Waals surface area contributed by atoms with Gasteiger partial charge >= 0.3 is 0 Å². The van der Waals surface area contributed by atoms with Gasteiger partial charge in [0.15, 0.2) is 0 Å². The number of ether oxygens (including phenoxy) is 1. The van der Waals surface area contributed by atoms with Gasteiger partial charge in [0.05, 0.1) is 11.0 Å². The topological polar surface area (TPSA) is 135 Å². The quantitative estimate of drug-likeness (QED) is 0.276. The molecule has 1 unspecified atom stereocenters. The van der Waals surface area contributed by atoms with Crippen LogP contribution in [-0.4, -0.2) is 63.1 Å². The van der Waals surface area contributed by atoms with Crippen LogP contribution in [0.1, 0.15) is 55.7 Å². The lowest BCUT2D eigenvalue weighted by Crippen LogP contribution is -2.33. The zero-order valence-electron chi connectivity index (χ0n) is 23.2. The van der Waals surface area contributed by atoms with Crippen molar-refractivity contribution in [2.75, 3.05) is 19.7 Å². The molecule has 0 fully saturated rings. The molecule has 0 radical (unpaired) electrons. The number of thiophene rings is 1. The van der Waals surface area contributed by atoms with Crippen molar-refractivity contribution in [3.8, 4) is 27.9 Å². The maximum absolute atomic E-state index is 11.0. The molecule has 1 aromatic carbocycles.